The van der Waals surface area contributed by atoms with Crippen LogP contribution in [-0.2, 0) is 6.42 Å². The Labute approximate surface area is 106 Å². The average Bonchev–Trinajstić information content (AvgIpc) is 2.35. The normalized spacial score (nSPS) is 12.6. The summed E-state index contributed by atoms with van der Waals surface area (Å²) in [5, 5.41) is 0. The van der Waals surface area contributed by atoms with Crippen molar-refractivity contribution < 1.29 is 0 Å². The fourth-order valence-electron chi connectivity index (χ4n) is 1.30. The molecule has 0 nitrogen and oxygen atoms in total. The van der Waals surface area contributed by atoms with E-state index in [0.717, 1.165) is 17.5 Å². The van der Waals surface area contributed by atoms with Crippen molar-refractivity contribution in [3.63, 3.8) is 0 Å². The lowest BCUT2D eigenvalue weighted by Gasteiger charge is -2.01. The van der Waals surface area contributed by atoms with E-state index in [9.17, 15) is 0 Å². The van der Waals surface area contributed by atoms with Gasteiger partial charge >= 0.3 is 0 Å². The van der Waals surface area contributed by atoms with E-state index in [1.165, 1.54) is 11.1 Å². The molecule has 1 unspecified atom stereocenters. The predicted molar refractivity (Wildman–Crippen MR) is 80.1 cm³/mol. The summed E-state index contributed by atoms with van der Waals surface area (Å²) >= 11 is 4.33. The second kappa shape index (κ2) is 7.49. The third kappa shape index (κ3) is 4.83. The van der Waals surface area contributed by atoms with Gasteiger partial charge in [0.15, 0.2) is 0 Å². The fraction of sp³-hybridized carbons (Fsp3) is 0.143. The Bertz CT molecular complexity index is 390. The minimum Gasteiger partial charge on any atom is -0.148 e. The third-order valence-corrected chi connectivity index (χ3v) is 3.33. The lowest BCUT2D eigenvalue weighted by atomic mass is 10.1. The van der Waals surface area contributed by atoms with Gasteiger partial charge in [0, 0.05) is 0 Å². The summed E-state index contributed by atoms with van der Waals surface area (Å²) in [6.07, 6.45) is 7.80. The van der Waals surface area contributed by atoms with Crippen LogP contribution in [0.1, 0.15) is 5.56 Å². The molecule has 0 fully saturated rings. The third-order valence-electron chi connectivity index (χ3n) is 2.21. The lowest BCUT2D eigenvalue weighted by Crippen LogP contribution is -1.86. The zero-order valence-corrected chi connectivity index (χ0v) is 11.3. The van der Waals surface area contributed by atoms with Crippen molar-refractivity contribution in [1.82, 2.24) is 0 Å². The molecule has 0 aliphatic heterocycles. The van der Waals surface area contributed by atoms with E-state index in [2.05, 4.69) is 58.8 Å². The van der Waals surface area contributed by atoms with Crippen LogP contribution in [0.25, 0.3) is 0 Å². The highest BCUT2D eigenvalue weighted by atomic mass is 32.1. The number of allylic oxidation sites excluding steroid dienone is 5. The molecule has 0 aliphatic carbocycles. The summed E-state index contributed by atoms with van der Waals surface area (Å²) in [7, 11) is 2.65. The summed E-state index contributed by atoms with van der Waals surface area (Å²) < 4.78 is 0. The monoisotopic (exact) mass is 248 g/mol. The minimum absolute atomic E-state index is 0.884. The molecule has 84 valence electrons. The molecule has 0 radical (unpaired) electrons. The van der Waals surface area contributed by atoms with E-state index in [1.54, 1.807) is 0 Å². The van der Waals surface area contributed by atoms with E-state index in [0.29, 0.717) is 0 Å². The summed E-state index contributed by atoms with van der Waals surface area (Å²) in [5.41, 5.74) is 2.50. The number of benzene rings is 1. The highest BCUT2D eigenvalue weighted by molar-refractivity contribution is 7.84. The molecular formula is C14H17PS. The van der Waals surface area contributed by atoms with Crippen LogP contribution in [-0.4, -0.2) is 6.16 Å². The molecule has 0 aliphatic rings. The zero-order valence-electron chi connectivity index (χ0n) is 9.26. The van der Waals surface area contributed by atoms with E-state index in [-0.39, 0.29) is 0 Å². The molecule has 0 bridgehead atoms. The Hall–Kier alpha value is -0.780. The van der Waals surface area contributed by atoms with Gasteiger partial charge in [-0.15, -0.1) is 21.9 Å². The number of hydrogen-bond donors (Lipinski definition) is 1. The summed E-state index contributed by atoms with van der Waals surface area (Å²) in [4.78, 5) is 1.05. The second-order valence-corrected chi connectivity index (χ2v) is 4.45. The quantitative estimate of drug-likeness (QED) is 0.454. The largest absolute Gasteiger partial charge is 0.148 e. The van der Waals surface area contributed by atoms with Crippen LogP contribution in [0.15, 0.2) is 65.6 Å². The minimum atomic E-state index is 0.884. The first kappa shape index (κ1) is 13.3. The molecular weight excluding hydrogens is 231 g/mol. The van der Waals surface area contributed by atoms with E-state index in [1.807, 2.05) is 18.2 Å². The van der Waals surface area contributed by atoms with E-state index < -0.39 is 0 Å². The second-order valence-electron chi connectivity index (χ2n) is 3.47. The Morgan fingerprint density at radius 2 is 1.94 bits per heavy atom. The van der Waals surface area contributed by atoms with Crippen LogP contribution in [0.5, 0.6) is 0 Å². The van der Waals surface area contributed by atoms with Crippen molar-refractivity contribution in [2.45, 2.75) is 6.42 Å². The average molecular weight is 248 g/mol. The van der Waals surface area contributed by atoms with Crippen LogP contribution in [0, 0.1) is 0 Å². The first-order chi connectivity index (χ1) is 7.76. The van der Waals surface area contributed by atoms with Gasteiger partial charge in [-0.2, -0.15) is 0 Å². The smallest absolute Gasteiger partial charge is 0.00260 e. The van der Waals surface area contributed by atoms with Crippen molar-refractivity contribution in [2.75, 3.05) is 6.16 Å². The molecule has 0 heterocycles. The molecule has 0 saturated carbocycles. The standard InChI is InChI=1S/C14H17PS/c1-2-12(8-9-14(16)11-15)10-13-6-4-3-5-7-13/h2-9,16H,1,10-11,15H2/b12-8-,14-9-. The molecule has 1 aromatic rings. The predicted octanol–water partition coefficient (Wildman–Crippen LogP) is 4.03. The Morgan fingerprint density at radius 3 is 2.50 bits per heavy atom. The van der Waals surface area contributed by atoms with Gasteiger partial charge in [0.25, 0.3) is 0 Å². The highest BCUT2D eigenvalue weighted by Crippen LogP contribution is 2.11. The maximum absolute atomic E-state index is 4.33. The van der Waals surface area contributed by atoms with Crippen molar-refractivity contribution in [1.29, 1.82) is 0 Å². The highest BCUT2D eigenvalue weighted by Gasteiger charge is 1.94. The summed E-state index contributed by atoms with van der Waals surface area (Å²) in [6, 6.07) is 10.4. The fourth-order valence-corrected chi connectivity index (χ4v) is 1.51. The van der Waals surface area contributed by atoms with Gasteiger partial charge in [0.2, 0.25) is 0 Å². The molecule has 0 amide bonds. The van der Waals surface area contributed by atoms with Crippen molar-refractivity contribution >= 4 is 21.9 Å². The van der Waals surface area contributed by atoms with Crippen molar-refractivity contribution in [3.8, 4) is 0 Å². The van der Waals surface area contributed by atoms with Gasteiger partial charge < -0.3 is 0 Å². The summed E-state index contributed by atoms with van der Waals surface area (Å²) in [5.74, 6) is 0. The maximum Gasteiger partial charge on any atom is -0.00260 e. The lowest BCUT2D eigenvalue weighted by molar-refractivity contribution is 1.20. The van der Waals surface area contributed by atoms with Crippen LogP contribution in [0.4, 0.5) is 0 Å². The van der Waals surface area contributed by atoms with E-state index in [4.69, 9.17) is 0 Å². The molecule has 0 spiro atoms. The first-order valence-corrected chi connectivity index (χ1v) is 6.47. The van der Waals surface area contributed by atoms with Crippen molar-refractivity contribution in [3.05, 3.63) is 71.2 Å². The molecule has 16 heavy (non-hydrogen) atoms. The van der Waals surface area contributed by atoms with Gasteiger partial charge in [-0.05, 0) is 28.6 Å². The van der Waals surface area contributed by atoms with Crippen LogP contribution < -0.4 is 0 Å². The molecule has 2 heteroatoms. The molecule has 0 N–H and O–H groups in total. The van der Waals surface area contributed by atoms with Gasteiger partial charge in [-0.1, -0.05) is 55.1 Å². The SMILES string of the molecule is C=C/C(=C/C=C(\S)CP)Cc1ccccc1. The molecule has 1 rings (SSSR count). The van der Waals surface area contributed by atoms with Crippen LogP contribution >= 0.6 is 21.9 Å². The van der Waals surface area contributed by atoms with Crippen LogP contribution in [0.3, 0.4) is 0 Å². The molecule has 1 atom stereocenters. The number of rotatable bonds is 5. The van der Waals surface area contributed by atoms with Gasteiger partial charge in [-0.25, -0.2) is 0 Å². The molecule has 0 aromatic heterocycles. The van der Waals surface area contributed by atoms with Gasteiger partial charge in [-0.3, -0.25) is 0 Å². The van der Waals surface area contributed by atoms with Gasteiger partial charge in [0.1, 0.15) is 0 Å². The molecule has 1 aromatic carbocycles. The molecule has 0 saturated heterocycles. The van der Waals surface area contributed by atoms with Gasteiger partial charge in [0.05, 0.1) is 0 Å². The number of hydrogen-bond acceptors (Lipinski definition) is 1. The Morgan fingerprint density at radius 1 is 1.25 bits per heavy atom. The summed E-state index contributed by atoms with van der Waals surface area (Å²) in [6.45, 7) is 3.83. The van der Waals surface area contributed by atoms with Crippen LogP contribution in [0.2, 0.25) is 0 Å². The van der Waals surface area contributed by atoms with Crippen molar-refractivity contribution in [2.24, 2.45) is 0 Å². The first-order valence-electron chi connectivity index (χ1n) is 5.21. The maximum atomic E-state index is 4.33. The Kier molecular flexibility index (Phi) is 6.22. The topological polar surface area (TPSA) is 0 Å². The Balaban J connectivity index is 2.73. The van der Waals surface area contributed by atoms with E-state index >= 15 is 0 Å². The zero-order chi connectivity index (χ0) is 11.8. The number of thiol groups is 1.